The molecule has 0 aliphatic heterocycles. The van der Waals surface area contributed by atoms with Gasteiger partial charge in [-0.1, -0.05) is 5.16 Å². The number of carbonyl (C=O) groups excluding carboxylic acids is 1. The lowest BCUT2D eigenvalue weighted by atomic mass is 10.2. The largest absolute Gasteiger partial charge is 0.507 e. The van der Waals surface area contributed by atoms with Gasteiger partial charge in [-0.15, -0.1) is 0 Å². The van der Waals surface area contributed by atoms with Crippen LogP contribution < -0.4 is 11.1 Å². The molecule has 0 aliphatic carbocycles. The molecule has 0 radical (unpaired) electrons. The van der Waals surface area contributed by atoms with Crippen molar-refractivity contribution in [1.29, 1.82) is 0 Å². The third-order valence-electron chi connectivity index (χ3n) is 2.47. The number of aromatic amines is 1. The fraction of sp³-hybridized carbons (Fsp3) is 0. The van der Waals surface area contributed by atoms with Crippen LogP contribution in [-0.2, 0) is 0 Å². The van der Waals surface area contributed by atoms with Crippen molar-refractivity contribution in [3.05, 3.63) is 39.1 Å². The Morgan fingerprint density at radius 3 is 2.90 bits per heavy atom. The van der Waals surface area contributed by atoms with Gasteiger partial charge in [-0.2, -0.15) is 5.10 Å². The lowest BCUT2D eigenvalue weighted by Crippen LogP contribution is -2.18. The predicted octanol–water partition coefficient (Wildman–Crippen LogP) is 1.07. The first kappa shape index (κ1) is 14.1. The third-order valence-corrected chi connectivity index (χ3v) is 3.38. The van der Waals surface area contributed by atoms with Crippen LogP contribution in [0.4, 0.5) is 5.82 Å². The van der Waals surface area contributed by atoms with Crippen LogP contribution in [0.2, 0.25) is 0 Å². The minimum atomic E-state index is -0.465. The summed E-state index contributed by atoms with van der Waals surface area (Å²) in [5.74, 6) is -0.435. The van der Waals surface area contributed by atoms with E-state index in [1.807, 2.05) is 22.6 Å². The first-order valence-electron chi connectivity index (χ1n) is 5.34. The van der Waals surface area contributed by atoms with Gasteiger partial charge in [-0.05, 0) is 40.8 Å². The maximum Gasteiger partial charge on any atom is 0.256 e. The summed E-state index contributed by atoms with van der Waals surface area (Å²) in [6.07, 6.45) is 1.32. The van der Waals surface area contributed by atoms with Gasteiger partial charge in [0.25, 0.3) is 5.91 Å². The molecule has 2 aromatic rings. The Labute approximate surface area is 126 Å². The number of phenolic OH excluding ortho intramolecular Hbond substituents is 1. The first-order valence-corrected chi connectivity index (χ1v) is 6.42. The zero-order valence-electron chi connectivity index (χ0n) is 9.96. The maximum absolute atomic E-state index is 12.0. The summed E-state index contributed by atoms with van der Waals surface area (Å²) < 4.78 is 0.637. The number of phenols is 1. The number of anilines is 1. The summed E-state index contributed by atoms with van der Waals surface area (Å²) in [5, 5.41) is 29.8. The number of nitrogens with one attached hydrogen (secondary N) is 2. The number of carbonyl (C=O) groups is 1. The Bertz CT molecular complexity index is 682. The quantitative estimate of drug-likeness (QED) is 0.176. The minimum Gasteiger partial charge on any atom is -0.507 e. The zero-order valence-corrected chi connectivity index (χ0v) is 12.1. The molecular weight excluding hydrogens is 377 g/mol. The summed E-state index contributed by atoms with van der Waals surface area (Å²) in [5.41, 5.74) is 5.97. The number of halogens is 1. The van der Waals surface area contributed by atoms with Gasteiger partial charge >= 0.3 is 0 Å². The van der Waals surface area contributed by atoms with E-state index in [-0.39, 0.29) is 28.5 Å². The standard InChI is InChI=1S/C11H10IN5O3/c12-7-2-1-5(3-8(7)18)11(19)15-10-6(4-14-16-10)9(13)17-20/h1-4,18,20H,(H2,13,17)(H2,14,15,16,19). The number of hydrogen-bond acceptors (Lipinski definition) is 5. The van der Waals surface area contributed by atoms with Crippen LogP contribution in [0.15, 0.2) is 29.6 Å². The summed E-state index contributed by atoms with van der Waals surface area (Å²) >= 11 is 1.95. The van der Waals surface area contributed by atoms with Gasteiger partial charge in [0.1, 0.15) is 11.6 Å². The molecule has 1 heterocycles. The minimum absolute atomic E-state index is 0.0134. The van der Waals surface area contributed by atoms with E-state index in [1.165, 1.54) is 12.3 Å². The fourth-order valence-corrected chi connectivity index (χ4v) is 1.80. The van der Waals surface area contributed by atoms with E-state index >= 15 is 0 Å². The summed E-state index contributed by atoms with van der Waals surface area (Å²) in [4.78, 5) is 12.0. The Kier molecular flexibility index (Phi) is 4.08. The van der Waals surface area contributed by atoms with Crippen molar-refractivity contribution in [2.45, 2.75) is 0 Å². The number of amidine groups is 1. The molecule has 1 amide bonds. The van der Waals surface area contributed by atoms with Gasteiger partial charge in [0, 0.05) is 5.56 Å². The molecule has 1 aromatic carbocycles. The lowest BCUT2D eigenvalue weighted by Gasteiger charge is -2.06. The van der Waals surface area contributed by atoms with Gasteiger partial charge in [0.15, 0.2) is 5.84 Å². The van der Waals surface area contributed by atoms with Crippen molar-refractivity contribution in [2.24, 2.45) is 10.9 Å². The average Bonchev–Trinajstić information content (AvgIpc) is 2.89. The molecule has 20 heavy (non-hydrogen) atoms. The topological polar surface area (TPSA) is 137 Å². The van der Waals surface area contributed by atoms with E-state index in [4.69, 9.17) is 10.9 Å². The van der Waals surface area contributed by atoms with Crippen LogP contribution in [0.3, 0.4) is 0 Å². The second-order valence-corrected chi connectivity index (χ2v) is 4.93. The van der Waals surface area contributed by atoms with E-state index in [9.17, 15) is 9.90 Å². The van der Waals surface area contributed by atoms with Crippen LogP contribution in [0.25, 0.3) is 0 Å². The van der Waals surface area contributed by atoms with E-state index in [2.05, 4.69) is 20.7 Å². The molecule has 0 aliphatic rings. The van der Waals surface area contributed by atoms with E-state index < -0.39 is 5.91 Å². The number of amides is 1. The molecule has 9 heteroatoms. The Morgan fingerprint density at radius 1 is 1.50 bits per heavy atom. The summed E-state index contributed by atoms with van der Waals surface area (Å²) in [6.45, 7) is 0. The van der Waals surface area contributed by atoms with Crippen molar-refractivity contribution < 1.29 is 15.1 Å². The Hall–Kier alpha value is -2.30. The Balaban J connectivity index is 2.24. The predicted molar refractivity (Wildman–Crippen MR) is 79.9 cm³/mol. The number of oxime groups is 1. The van der Waals surface area contributed by atoms with Crippen molar-refractivity contribution in [3.8, 4) is 5.75 Å². The van der Waals surface area contributed by atoms with Gasteiger partial charge in [-0.25, -0.2) is 0 Å². The second kappa shape index (κ2) is 5.77. The number of H-pyrrole nitrogens is 1. The van der Waals surface area contributed by atoms with Gasteiger partial charge in [0.2, 0.25) is 0 Å². The van der Waals surface area contributed by atoms with Crippen molar-refractivity contribution in [3.63, 3.8) is 0 Å². The van der Waals surface area contributed by atoms with E-state index in [0.717, 1.165) is 0 Å². The number of hydrogen-bond donors (Lipinski definition) is 5. The highest BCUT2D eigenvalue weighted by Gasteiger charge is 2.14. The molecule has 0 saturated heterocycles. The van der Waals surface area contributed by atoms with Gasteiger partial charge in [0.05, 0.1) is 15.3 Å². The highest BCUT2D eigenvalue weighted by Crippen LogP contribution is 2.21. The van der Waals surface area contributed by atoms with Crippen LogP contribution in [0, 0.1) is 3.57 Å². The average molecular weight is 387 g/mol. The normalized spacial score (nSPS) is 11.3. The highest BCUT2D eigenvalue weighted by atomic mass is 127. The molecule has 0 atom stereocenters. The van der Waals surface area contributed by atoms with Crippen LogP contribution in [0.5, 0.6) is 5.75 Å². The maximum atomic E-state index is 12.0. The molecule has 0 spiro atoms. The van der Waals surface area contributed by atoms with Crippen molar-refractivity contribution >= 4 is 40.2 Å². The van der Waals surface area contributed by atoms with Gasteiger partial charge < -0.3 is 21.4 Å². The number of rotatable bonds is 3. The van der Waals surface area contributed by atoms with Crippen LogP contribution >= 0.6 is 22.6 Å². The SMILES string of the molecule is N/C(=N/O)c1cn[nH]c1NC(=O)c1ccc(I)c(O)c1. The molecule has 6 N–H and O–H groups in total. The molecule has 0 bridgehead atoms. The molecule has 0 saturated carbocycles. The number of nitrogens with two attached hydrogens (primary N) is 1. The molecule has 104 valence electrons. The molecule has 8 nitrogen and oxygen atoms in total. The van der Waals surface area contributed by atoms with Crippen LogP contribution in [-0.4, -0.2) is 32.3 Å². The number of aromatic nitrogens is 2. The molecular formula is C11H10IN5O3. The zero-order chi connectivity index (χ0) is 14.7. The Morgan fingerprint density at radius 2 is 2.25 bits per heavy atom. The molecule has 1 aromatic heterocycles. The smallest absolute Gasteiger partial charge is 0.256 e. The fourth-order valence-electron chi connectivity index (χ4n) is 1.47. The summed E-state index contributed by atoms with van der Waals surface area (Å²) in [6, 6.07) is 4.52. The molecule has 0 unspecified atom stereocenters. The summed E-state index contributed by atoms with van der Waals surface area (Å²) in [7, 11) is 0. The van der Waals surface area contributed by atoms with Gasteiger partial charge in [-0.3, -0.25) is 9.89 Å². The monoisotopic (exact) mass is 387 g/mol. The third kappa shape index (κ3) is 2.82. The highest BCUT2D eigenvalue weighted by molar-refractivity contribution is 14.1. The van der Waals surface area contributed by atoms with E-state index in [1.54, 1.807) is 12.1 Å². The number of nitrogens with zero attached hydrogens (tertiary/aromatic N) is 2. The first-order chi connectivity index (χ1) is 9.52. The molecule has 0 fully saturated rings. The number of benzene rings is 1. The second-order valence-electron chi connectivity index (χ2n) is 3.76. The van der Waals surface area contributed by atoms with E-state index in [0.29, 0.717) is 3.57 Å². The van der Waals surface area contributed by atoms with Crippen molar-refractivity contribution in [1.82, 2.24) is 10.2 Å². The van der Waals surface area contributed by atoms with Crippen molar-refractivity contribution in [2.75, 3.05) is 5.32 Å². The van der Waals surface area contributed by atoms with Crippen LogP contribution in [0.1, 0.15) is 15.9 Å². The molecule has 2 rings (SSSR count). The lowest BCUT2D eigenvalue weighted by molar-refractivity contribution is 0.102. The number of aromatic hydroxyl groups is 1.